The molecule has 0 aliphatic carbocycles. The van der Waals surface area contributed by atoms with Crippen LogP contribution in [0.3, 0.4) is 0 Å². The maximum absolute atomic E-state index is 12.8. The average Bonchev–Trinajstić information content (AvgIpc) is 2.58. The van der Waals surface area contributed by atoms with Crippen molar-refractivity contribution in [3.05, 3.63) is 71.0 Å². The van der Waals surface area contributed by atoms with Crippen molar-refractivity contribution in [2.24, 2.45) is 0 Å². The van der Waals surface area contributed by atoms with Crippen molar-refractivity contribution in [3.8, 4) is 0 Å². The lowest BCUT2D eigenvalue weighted by Crippen LogP contribution is -2.27. The van der Waals surface area contributed by atoms with E-state index in [-0.39, 0.29) is 11.7 Å². The van der Waals surface area contributed by atoms with Crippen molar-refractivity contribution in [3.63, 3.8) is 0 Å². The number of carbonyl (C=O) groups is 1. The van der Waals surface area contributed by atoms with Gasteiger partial charge in [-0.1, -0.05) is 36.4 Å². The Kier molecular flexibility index (Phi) is 8.19. The van der Waals surface area contributed by atoms with Gasteiger partial charge in [0.1, 0.15) is 5.82 Å². The summed E-state index contributed by atoms with van der Waals surface area (Å²) in [6.45, 7) is 2.81. The largest absolute Gasteiger partial charge is 0.355 e. The molecule has 128 valence electrons. The minimum absolute atomic E-state index is 0.0543. The van der Waals surface area contributed by atoms with Gasteiger partial charge in [-0.15, -0.1) is 11.8 Å². The SMILES string of the molecule is Cc1ccccc1CSCCNC(=O)CSCc1ccc(F)cc1. The molecule has 0 atom stereocenters. The number of hydrogen-bond donors (Lipinski definition) is 1. The third-order valence-electron chi connectivity index (χ3n) is 3.50. The second kappa shape index (κ2) is 10.4. The number of thioether (sulfide) groups is 2. The van der Waals surface area contributed by atoms with Gasteiger partial charge in [0, 0.05) is 23.8 Å². The molecular weight excluding hydrogens is 341 g/mol. The van der Waals surface area contributed by atoms with Crippen molar-refractivity contribution in [2.45, 2.75) is 18.4 Å². The lowest BCUT2D eigenvalue weighted by atomic mass is 10.1. The minimum Gasteiger partial charge on any atom is -0.355 e. The summed E-state index contributed by atoms with van der Waals surface area (Å²) in [6, 6.07) is 14.8. The van der Waals surface area contributed by atoms with Gasteiger partial charge < -0.3 is 5.32 Å². The Bertz CT molecular complexity index is 646. The highest BCUT2D eigenvalue weighted by atomic mass is 32.2. The Morgan fingerprint density at radius 2 is 1.79 bits per heavy atom. The molecule has 2 aromatic rings. The van der Waals surface area contributed by atoms with Crippen LogP contribution in [0, 0.1) is 12.7 Å². The molecule has 0 radical (unpaired) electrons. The molecule has 0 unspecified atom stereocenters. The molecule has 2 nitrogen and oxygen atoms in total. The fraction of sp³-hybridized carbons (Fsp3) is 0.316. The monoisotopic (exact) mass is 363 g/mol. The molecule has 2 aromatic carbocycles. The van der Waals surface area contributed by atoms with Crippen LogP contribution in [0.4, 0.5) is 4.39 Å². The maximum atomic E-state index is 12.8. The van der Waals surface area contributed by atoms with E-state index in [4.69, 9.17) is 0 Å². The highest BCUT2D eigenvalue weighted by Crippen LogP contribution is 2.15. The van der Waals surface area contributed by atoms with E-state index in [0.29, 0.717) is 12.3 Å². The first-order valence-electron chi connectivity index (χ1n) is 7.86. The predicted molar refractivity (Wildman–Crippen MR) is 103 cm³/mol. The summed E-state index contributed by atoms with van der Waals surface area (Å²) in [6.07, 6.45) is 0. The van der Waals surface area contributed by atoms with Crippen LogP contribution in [0.2, 0.25) is 0 Å². The molecule has 0 saturated heterocycles. The molecule has 0 saturated carbocycles. The van der Waals surface area contributed by atoms with Gasteiger partial charge in [0.05, 0.1) is 5.75 Å². The summed E-state index contributed by atoms with van der Waals surface area (Å²) in [7, 11) is 0. The Morgan fingerprint density at radius 3 is 2.54 bits per heavy atom. The molecule has 2 rings (SSSR count). The van der Waals surface area contributed by atoms with Gasteiger partial charge in [-0.2, -0.15) is 11.8 Å². The molecule has 0 aromatic heterocycles. The topological polar surface area (TPSA) is 29.1 Å². The van der Waals surface area contributed by atoms with E-state index in [0.717, 1.165) is 22.8 Å². The van der Waals surface area contributed by atoms with Crippen LogP contribution in [0.5, 0.6) is 0 Å². The van der Waals surface area contributed by atoms with Crippen LogP contribution in [0.25, 0.3) is 0 Å². The van der Waals surface area contributed by atoms with E-state index in [1.54, 1.807) is 23.9 Å². The molecule has 0 fully saturated rings. The van der Waals surface area contributed by atoms with Crippen LogP contribution in [-0.2, 0) is 16.3 Å². The summed E-state index contributed by atoms with van der Waals surface area (Å²) >= 11 is 3.37. The first-order valence-corrected chi connectivity index (χ1v) is 10.2. The molecule has 24 heavy (non-hydrogen) atoms. The zero-order valence-electron chi connectivity index (χ0n) is 13.8. The number of carbonyl (C=O) groups excluding carboxylic acids is 1. The van der Waals surface area contributed by atoms with Crippen LogP contribution in [0.1, 0.15) is 16.7 Å². The summed E-state index contributed by atoms with van der Waals surface area (Å²) in [5.41, 5.74) is 3.69. The van der Waals surface area contributed by atoms with E-state index in [1.807, 2.05) is 17.8 Å². The standard InChI is InChI=1S/C19H22FNOS2/c1-15-4-2-3-5-17(15)13-23-11-10-21-19(22)14-24-12-16-6-8-18(20)9-7-16/h2-9H,10-14H2,1H3,(H,21,22). The first kappa shape index (κ1) is 18.9. The second-order valence-corrected chi connectivity index (χ2v) is 7.54. The number of benzene rings is 2. The van der Waals surface area contributed by atoms with Gasteiger partial charge in [0.2, 0.25) is 5.91 Å². The fourth-order valence-electron chi connectivity index (χ4n) is 2.11. The number of amides is 1. The van der Waals surface area contributed by atoms with Gasteiger partial charge in [0.25, 0.3) is 0 Å². The molecule has 1 amide bonds. The number of hydrogen-bond acceptors (Lipinski definition) is 3. The van der Waals surface area contributed by atoms with Crippen molar-refractivity contribution < 1.29 is 9.18 Å². The highest BCUT2D eigenvalue weighted by molar-refractivity contribution is 7.99. The molecule has 0 aliphatic rings. The van der Waals surface area contributed by atoms with Gasteiger partial charge in [-0.3, -0.25) is 4.79 Å². The molecule has 1 N–H and O–H groups in total. The van der Waals surface area contributed by atoms with Gasteiger partial charge in [-0.05, 0) is 35.7 Å². The Hall–Kier alpha value is -1.46. The van der Waals surface area contributed by atoms with Gasteiger partial charge in [-0.25, -0.2) is 4.39 Å². The summed E-state index contributed by atoms with van der Waals surface area (Å²) < 4.78 is 12.8. The van der Waals surface area contributed by atoms with Crippen LogP contribution >= 0.6 is 23.5 Å². The Labute approximate surface area is 151 Å². The second-order valence-electron chi connectivity index (χ2n) is 5.45. The summed E-state index contributed by atoms with van der Waals surface area (Å²) in [5.74, 6) is 2.85. The van der Waals surface area contributed by atoms with Crippen LogP contribution in [0.15, 0.2) is 48.5 Å². The minimum atomic E-state index is -0.232. The predicted octanol–water partition coefficient (Wildman–Crippen LogP) is 4.42. The maximum Gasteiger partial charge on any atom is 0.230 e. The van der Waals surface area contributed by atoms with Crippen LogP contribution < -0.4 is 5.32 Å². The van der Waals surface area contributed by atoms with E-state index >= 15 is 0 Å². The number of halogens is 1. The fourth-order valence-corrected chi connectivity index (χ4v) is 3.86. The normalized spacial score (nSPS) is 10.6. The highest BCUT2D eigenvalue weighted by Gasteiger charge is 2.02. The lowest BCUT2D eigenvalue weighted by Gasteiger charge is -2.07. The van der Waals surface area contributed by atoms with E-state index in [2.05, 4.69) is 30.4 Å². The third kappa shape index (κ3) is 6.97. The molecule has 0 bridgehead atoms. The van der Waals surface area contributed by atoms with E-state index in [9.17, 15) is 9.18 Å². The molecule has 0 spiro atoms. The van der Waals surface area contributed by atoms with Crippen molar-refractivity contribution in [1.29, 1.82) is 0 Å². The smallest absolute Gasteiger partial charge is 0.230 e. The Balaban J connectivity index is 1.53. The van der Waals surface area contributed by atoms with Crippen LogP contribution in [-0.4, -0.2) is 24.0 Å². The molecule has 0 aliphatic heterocycles. The first-order chi connectivity index (χ1) is 11.6. The van der Waals surface area contributed by atoms with Crippen molar-refractivity contribution in [2.75, 3.05) is 18.1 Å². The quantitative estimate of drug-likeness (QED) is 0.669. The average molecular weight is 364 g/mol. The zero-order chi connectivity index (χ0) is 17.2. The zero-order valence-corrected chi connectivity index (χ0v) is 15.4. The molecule has 5 heteroatoms. The number of aryl methyl sites for hydroxylation is 1. The summed E-state index contributed by atoms with van der Waals surface area (Å²) in [4.78, 5) is 11.8. The van der Waals surface area contributed by atoms with E-state index in [1.165, 1.54) is 23.3 Å². The Morgan fingerprint density at radius 1 is 1.04 bits per heavy atom. The van der Waals surface area contributed by atoms with Gasteiger partial charge in [0.15, 0.2) is 0 Å². The van der Waals surface area contributed by atoms with E-state index < -0.39 is 0 Å². The van der Waals surface area contributed by atoms with Crippen molar-refractivity contribution in [1.82, 2.24) is 5.32 Å². The number of rotatable bonds is 9. The summed E-state index contributed by atoms with van der Waals surface area (Å²) in [5, 5.41) is 2.94. The molecular formula is C19H22FNOS2. The lowest BCUT2D eigenvalue weighted by molar-refractivity contribution is -0.118. The van der Waals surface area contributed by atoms with Gasteiger partial charge >= 0.3 is 0 Å². The number of nitrogens with one attached hydrogen (secondary N) is 1. The van der Waals surface area contributed by atoms with Crippen molar-refractivity contribution >= 4 is 29.4 Å². The molecule has 0 heterocycles. The third-order valence-corrected chi connectivity index (χ3v) is 5.51.